The monoisotopic (exact) mass is 312 g/mol. The Morgan fingerprint density at radius 2 is 1.83 bits per heavy atom. The van der Waals surface area contributed by atoms with Crippen molar-refractivity contribution in [2.45, 2.75) is 20.5 Å². The van der Waals surface area contributed by atoms with Gasteiger partial charge in [0.2, 0.25) is 0 Å². The van der Waals surface area contributed by atoms with Gasteiger partial charge in [-0.2, -0.15) is 0 Å². The van der Waals surface area contributed by atoms with Crippen LogP contribution in [0.1, 0.15) is 23.6 Å². The van der Waals surface area contributed by atoms with Crippen LogP contribution in [0.3, 0.4) is 0 Å². The van der Waals surface area contributed by atoms with Crippen LogP contribution < -0.4 is 9.47 Å². The fourth-order valence-electron chi connectivity index (χ4n) is 2.35. The van der Waals surface area contributed by atoms with Crippen LogP contribution in [0.4, 0.5) is 0 Å². The standard InChI is InChI=1S/C19H20O4/c1-13-9-10-16(14(2)11-17(20)21)19(22-3)18(13)23-12-15-7-5-4-6-8-15/h4-11H,12H2,1-3H3,(H,20,21)/b14-11+. The highest BCUT2D eigenvalue weighted by atomic mass is 16.5. The molecule has 0 spiro atoms. The van der Waals surface area contributed by atoms with Gasteiger partial charge in [-0.05, 0) is 30.5 Å². The third kappa shape index (κ3) is 4.13. The maximum Gasteiger partial charge on any atom is 0.328 e. The smallest absolute Gasteiger partial charge is 0.328 e. The highest BCUT2D eigenvalue weighted by molar-refractivity contribution is 5.91. The molecule has 0 fully saturated rings. The summed E-state index contributed by atoms with van der Waals surface area (Å²) in [7, 11) is 1.56. The molecule has 4 nitrogen and oxygen atoms in total. The molecule has 2 aromatic carbocycles. The summed E-state index contributed by atoms with van der Waals surface area (Å²) in [5.74, 6) is 0.194. The Labute approximate surface area is 136 Å². The number of methoxy groups -OCH3 is 1. The Morgan fingerprint density at radius 1 is 1.13 bits per heavy atom. The molecule has 23 heavy (non-hydrogen) atoms. The Balaban J connectivity index is 2.36. The first-order valence-electron chi connectivity index (χ1n) is 7.29. The third-order valence-electron chi connectivity index (χ3n) is 3.50. The largest absolute Gasteiger partial charge is 0.492 e. The van der Waals surface area contributed by atoms with Crippen molar-refractivity contribution in [1.29, 1.82) is 0 Å². The highest BCUT2D eigenvalue weighted by Crippen LogP contribution is 2.38. The van der Waals surface area contributed by atoms with Crippen LogP contribution >= 0.6 is 0 Å². The molecular formula is C19H20O4. The molecule has 0 saturated heterocycles. The van der Waals surface area contributed by atoms with Crippen molar-refractivity contribution in [3.05, 3.63) is 65.2 Å². The normalized spacial score (nSPS) is 11.2. The fraction of sp³-hybridized carbons (Fsp3) is 0.211. The van der Waals surface area contributed by atoms with Crippen LogP contribution in [0.25, 0.3) is 5.57 Å². The predicted molar refractivity (Wildman–Crippen MR) is 89.8 cm³/mol. The van der Waals surface area contributed by atoms with E-state index in [0.29, 0.717) is 29.2 Å². The van der Waals surface area contributed by atoms with Crippen LogP contribution in [0.15, 0.2) is 48.5 Å². The maximum absolute atomic E-state index is 10.9. The van der Waals surface area contributed by atoms with Gasteiger partial charge in [0.1, 0.15) is 6.61 Å². The molecule has 0 bridgehead atoms. The van der Waals surface area contributed by atoms with Gasteiger partial charge in [-0.25, -0.2) is 4.79 Å². The molecule has 2 rings (SSSR count). The van der Waals surface area contributed by atoms with E-state index in [2.05, 4.69) is 0 Å². The Bertz CT molecular complexity index is 718. The number of carbonyl (C=O) groups is 1. The van der Waals surface area contributed by atoms with Crippen molar-refractivity contribution in [1.82, 2.24) is 0 Å². The summed E-state index contributed by atoms with van der Waals surface area (Å²) in [5.41, 5.74) is 3.31. The summed E-state index contributed by atoms with van der Waals surface area (Å²) < 4.78 is 11.4. The number of allylic oxidation sites excluding steroid dienone is 1. The second kappa shape index (κ2) is 7.49. The molecule has 0 radical (unpaired) electrons. The van der Waals surface area contributed by atoms with E-state index >= 15 is 0 Å². The van der Waals surface area contributed by atoms with Gasteiger partial charge in [-0.3, -0.25) is 0 Å². The number of rotatable bonds is 6. The summed E-state index contributed by atoms with van der Waals surface area (Å²) in [6.07, 6.45) is 1.16. The quantitative estimate of drug-likeness (QED) is 0.817. The van der Waals surface area contributed by atoms with E-state index in [-0.39, 0.29) is 0 Å². The number of hydrogen-bond acceptors (Lipinski definition) is 3. The van der Waals surface area contributed by atoms with Gasteiger partial charge in [0, 0.05) is 11.6 Å². The van der Waals surface area contributed by atoms with E-state index in [1.54, 1.807) is 14.0 Å². The average molecular weight is 312 g/mol. The lowest BCUT2D eigenvalue weighted by atomic mass is 10.0. The molecule has 0 aliphatic heterocycles. The van der Waals surface area contributed by atoms with Gasteiger partial charge < -0.3 is 14.6 Å². The van der Waals surface area contributed by atoms with Crippen molar-refractivity contribution in [2.75, 3.05) is 7.11 Å². The lowest BCUT2D eigenvalue weighted by molar-refractivity contribution is -0.131. The molecule has 1 N–H and O–H groups in total. The van der Waals surface area contributed by atoms with Crippen LogP contribution in [0.5, 0.6) is 11.5 Å². The summed E-state index contributed by atoms with van der Waals surface area (Å²) in [6.45, 7) is 4.09. The minimum atomic E-state index is -0.989. The number of benzene rings is 2. The van der Waals surface area contributed by atoms with Crippen LogP contribution in [0.2, 0.25) is 0 Å². The molecule has 0 aliphatic rings. The number of carboxylic acid groups (broad SMARTS) is 1. The summed E-state index contributed by atoms with van der Waals surface area (Å²) in [5, 5.41) is 8.94. The summed E-state index contributed by atoms with van der Waals surface area (Å²) in [6, 6.07) is 13.6. The zero-order chi connectivity index (χ0) is 16.8. The fourth-order valence-corrected chi connectivity index (χ4v) is 2.35. The van der Waals surface area contributed by atoms with Crippen molar-refractivity contribution >= 4 is 11.5 Å². The first kappa shape index (κ1) is 16.6. The Hall–Kier alpha value is -2.75. The predicted octanol–water partition coefficient (Wildman–Crippen LogP) is 4.07. The number of carboxylic acids is 1. The van der Waals surface area contributed by atoms with E-state index in [1.807, 2.05) is 49.4 Å². The van der Waals surface area contributed by atoms with E-state index < -0.39 is 5.97 Å². The van der Waals surface area contributed by atoms with Gasteiger partial charge in [0.15, 0.2) is 11.5 Å². The summed E-state index contributed by atoms with van der Waals surface area (Å²) >= 11 is 0. The van der Waals surface area contributed by atoms with E-state index in [9.17, 15) is 4.79 Å². The lowest BCUT2D eigenvalue weighted by Gasteiger charge is -2.17. The molecule has 4 heteroatoms. The molecule has 0 saturated carbocycles. The zero-order valence-corrected chi connectivity index (χ0v) is 13.5. The highest BCUT2D eigenvalue weighted by Gasteiger charge is 2.15. The van der Waals surface area contributed by atoms with Crippen molar-refractivity contribution in [3.8, 4) is 11.5 Å². The first-order valence-corrected chi connectivity index (χ1v) is 7.29. The topological polar surface area (TPSA) is 55.8 Å². The second-order valence-electron chi connectivity index (χ2n) is 5.23. The molecule has 0 amide bonds. The lowest BCUT2D eigenvalue weighted by Crippen LogP contribution is -2.02. The van der Waals surface area contributed by atoms with Crippen LogP contribution in [-0.2, 0) is 11.4 Å². The molecule has 0 aliphatic carbocycles. The van der Waals surface area contributed by atoms with E-state index in [1.165, 1.54) is 0 Å². The third-order valence-corrected chi connectivity index (χ3v) is 3.50. The van der Waals surface area contributed by atoms with Gasteiger partial charge in [-0.15, -0.1) is 0 Å². The molecule has 2 aromatic rings. The van der Waals surface area contributed by atoms with Crippen LogP contribution in [-0.4, -0.2) is 18.2 Å². The van der Waals surface area contributed by atoms with Gasteiger partial charge in [-0.1, -0.05) is 42.5 Å². The number of ether oxygens (including phenoxy) is 2. The zero-order valence-electron chi connectivity index (χ0n) is 13.5. The first-order chi connectivity index (χ1) is 11.0. The van der Waals surface area contributed by atoms with Gasteiger partial charge in [0.05, 0.1) is 7.11 Å². The number of aliphatic carboxylic acids is 1. The Kier molecular flexibility index (Phi) is 5.41. The maximum atomic E-state index is 10.9. The number of aryl methyl sites for hydroxylation is 1. The van der Waals surface area contributed by atoms with E-state index in [0.717, 1.165) is 17.2 Å². The molecule has 0 unspecified atom stereocenters. The molecule has 0 atom stereocenters. The van der Waals surface area contributed by atoms with E-state index in [4.69, 9.17) is 14.6 Å². The van der Waals surface area contributed by atoms with Gasteiger partial charge >= 0.3 is 5.97 Å². The molecule has 0 aromatic heterocycles. The van der Waals surface area contributed by atoms with Crippen molar-refractivity contribution in [3.63, 3.8) is 0 Å². The summed E-state index contributed by atoms with van der Waals surface area (Å²) in [4.78, 5) is 10.9. The SMILES string of the molecule is COc1c(/C(C)=C/C(=O)O)ccc(C)c1OCc1ccccc1. The van der Waals surface area contributed by atoms with Gasteiger partial charge in [0.25, 0.3) is 0 Å². The minimum absolute atomic E-state index is 0.420. The average Bonchev–Trinajstić information content (AvgIpc) is 2.53. The molecule has 0 heterocycles. The second-order valence-corrected chi connectivity index (χ2v) is 5.23. The Morgan fingerprint density at radius 3 is 2.43 bits per heavy atom. The van der Waals surface area contributed by atoms with Crippen molar-refractivity contribution < 1.29 is 19.4 Å². The van der Waals surface area contributed by atoms with Crippen LogP contribution in [0, 0.1) is 6.92 Å². The molecule has 120 valence electrons. The molecular weight excluding hydrogens is 292 g/mol. The van der Waals surface area contributed by atoms with Crippen molar-refractivity contribution in [2.24, 2.45) is 0 Å². The number of hydrogen-bond donors (Lipinski definition) is 1. The minimum Gasteiger partial charge on any atom is -0.492 e.